The number of nitrogens with one attached hydrogen (secondary N) is 2. The average Bonchev–Trinajstić information content (AvgIpc) is 2.60. The van der Waals surface area contributed by atoms with Crippen LogP contribution in [0, 0.1) is 5.92 Å². The van der Waals surface area contributed by atoms with Crippen molar-refractivity contribution in [2.24, 2.45) is 5.92 Å². The number of rotatable bonds is 7. The summed E-state index contributed by atoms with van der Waals surface area (Å²) < 4.78 is 0. The second-order valence-electron chi connectivity index (χ2n) is 6.28. The number of hydrogen-bond donors (Lipinski definition) is 3. The van der Waals surface area contributed by atoms with E-state index in [9.17, 15) is 14.4 Å². The molecule has 0 fully saturated rings. The van der Waals surface area contributed by atoms with Crippen LogP contribution in [0.2, 0.25) is 0 Å². The number of carboxylic acid groups (broad SMARTS) is 1. The Morgan fingerprint density at radius 1 is 0.962 bits per heavy atom. The van der Waals surface area contributed by atoms with Gasteiger partial charge in [-0.1, -0.05) is 32.0 Å². The summed E-state index contributed by atoms with van der Waals surface area (Å²) in [5.41, 5.74) is 2.35. The van der Waals surface area contributed by atoms with E-state index in [1.54, 1.807) is 36.4 Å². The van der Waals surface area contributed by atoms with Crippen LogP contribution in [0.4, 0.5) is 11.4 Å². The van der Waals surface area contributed by atoms with Crippen molar-refractivity contribution in [3.05, 3.63) is 59.7 Å². The fraction of sp³-hybridized carbons (Fsp3) is 0.250. The van der Waals surface area contributed by atoms with Crippen LogP contribution in [0.5, 0.6) is 0 Å². The van der Waals surface area contributed by atoms with Crippen molar-refractivity contribution in [3.8, 4) is 0 Å². The maximum absolute atomic E-state index is 12.1. The summed E-state index contributed by atoms with van der Waals surface area (Å²) in [7, 11) is 0. The van der Waals surface area contributed by atoms with Gasteiger partial charge in [0.05, 0.1) is 5.56 Å². The Labute approximate surface area is 152 Å². The summed E-state index contributed by atoms with van der Waals surface area (Å²) in [4.78, 5) is 34.7. The van der Waals surface area contributed by atoms with Crippen molar-refractivity contribution in [1.82, 2.24) is 0 Å². The summed E-state index contributed by atoms with van der Waals surface area (Å²) in [5, 5.41) is 14.5. The van der Waals surface area contributed by atoms with Crippen LogP contribution in [-0.4, -0.2) is 22.9 Å². The van der Waals surface area contributed by atoms with Crippen LogP contribution in [0.25, 0.3) is 0 Å². The van der Waals surface area contributed by atoms with Crippen LogP contribution in [0.3, 0.4) is 0 Å². The summed E-state index contributed by atoms with van der Waals surface area (Å²) in [6.07, 6.45) is 0.782. The number of aryl methyl sites for hydroxylation is 1. The number of carboxylic acids is 1. The van der Waals surface area contributed by atoms with Crippen LogP contribution in [-0.2, 0) is 16.0 Å². The number of carbonyl (C=O) groups is 3. The first-order valence-corrected chi connectivity index (χ1v) is 8.38. The number of amides is 2. The lowest BCUT2D eigenvalue weighted by atomic mass is 10.1. The predicted octanol–water partition coefficient (Wildman–Crippen LogP) is 3.55. The van der Waals surface area contributed by atoms with E-state index in [-0.39, 0.29) is 29.7 Å². The first-order chi connectivity index (χ1) is 12.3. The third kappa shape index (κ3) is 5.73. The normalized spacial score (nSPS) is 10.4. The van der Waals surface area contributed by atoms with Crippen molar-refractivity contribution in [1.29, 1.82) is 0 Å². The van der Waals surface area contributed by atoms with E-state index in [0.717, 1.165) is 5.56 Å². The van der Waals surface area contributed by atoms with Crippen molar-refractivity contribution in [2.45, 2.75) is 26.7 Å². The van der Waals surface area contributed by atoms with Crippen molar-refractivity contribution >= 4 is 29.2 Å². The lowest BCUT2D eigenvalue weighted by Crippen LogP contribution is -2.18. The molecule has 2 aromatic carbocycles. The molecule has 136 valence electrons. The monoisotopic (exact) mass is 354 g/mol. The average molecular weight is 354 g/mol. The van der Waals surface area contributed by atoms with Gasteiger partial charge in [-0.25, -0.2) is 4.79 Å². The molecule has 0 spiro atoms. The fourth-order valence-corrected chi connectivity index (χ4v) is 2.26. The maximum Gasteiger partial charge on any atom is 0.335 e. The second-order valence-corrected chi connectivity index (χ2v) is 6.28. The SMILES string of the molecule is CC(C)C(=O)Nc1cccc(NC(=O)CCc2ccc(C(=O)O)cc2)c1. The summed E-state index contributed by atoms with van der Waals surface area (Å²) in [5.74, 6) is -1.34. The Kier molecular flexibility index (Phi) is 6.49. The molecule has 0 aromatic heterocycles. The highest BCUT2D eigenvalue weighted by molar-refractivity contribution is 5.94. The van der Waals surface area contributed by atoms with Gasteiger partial charge in [-0.05, 0) is 42.3 Å². The molecule has 6 nitrogen and oxygen atoms in total. The third-order valence-electron chi connectivity index (χ3n) is 3.78. The van der Waals surface area contributed by atoms with Gasteiger partial charge in [-0.3, -0.25) is 9.59 Å². The molecule has 0 atom stereocenters. The Morgan fingerprint density at radius 3 is 2.15 bits per heavy atom. The summed E-state index contributed by atoms with van der Waals surface area (Å²) >= 11 is 0. The van der Waals surface area contributed by atoms with Crippen molar-refractivity contribution < 1.29 is 19.5 Å². The number of hydrogen-bond acceptors (Lipinski definition) is 3. The van der Waals surface area contributed by atoms with Gasteiger partial charge in [-0.2, -0.15) is 0 Å². The van der Waals surface area contributed by atoms with E-state index in [1.807, 2.05) is 13.8 Å². The zero-order valence-electron chi connectivity index (χ0n) is 14.8. The van der Waals surface area contributed by atoms with Crippen LogP contribution >= 0.6 is 0 Å². The Bertz CT molecular complexity index is 798. The number of aromatic carboxylic acids is 1. The molecule has 0 aliphatic rings. The summed E-state index contributed by atoms with van der Waals surface area (Å²) in [6, 6.07) is 13.4. The minimum absolute atomic E-state index is 0.0849. The number of carbonyl (C=O) groups excluding carboxylic acids is 2. The van der Waals surface area contributed by atoms with Crippen LogP contribution in [0.1, 0.15) is 36.2 Å². The molecule has 0 radical (unpaired) electrons. The standard InChI is InChI=1S/C20H22N2O4/c1-13(2)19(24)22-17-5-3-4-16(12-17)21-18(23)11-8-14-6-9-15(10-7-14)20(25)26/h3-7,9-10,12-13H,8,11H2,1-2H3,(H,21,23)(H,22,24)(H,25,26). The molecule has 3 N–H and O–H groups in total. The molecule has 2 rings (SSSR count). The highest BCUT2D eigenvalue weighted by Gasteiger charge is 2.09. The molecular weight excluding hydrogens is 332 g/mol. The molecule has 0 saturated carbocycles. The van der Waals surface area contributed by atoms with Gasteiger partial charge in [0, 0.05) is 23.7 Å². The minimum atomic E-state index is -0.973. The maximum atomic E-state index is 12.1. The molecule has 6 heteroatoms. The highest BCUT2D eigenvalue weighted by atomic mass is 16.4. The zero-order valence-corrected chi connectivity index (χ0v) is 14.8. The van der Waals surface area contributed by atoms with Gasteiger partial charge >= 0.3 is 5.97 Å². The largest absolute Gasteiger partial charge is 0.478 e. The fourth-order valence-electron chi connectivity index (χ4n) is 2.26. The van der Waals surface area contributed by atoms with E-state index in [4.69, 9.17) is 5.11 Å². The van der Waals surface area contributed by atoms with E-state index < -0.39 is 5.97 Å². The molecule has 0 saturated heterocycles. The molecule has 2 aromatic rings. The quantitative estimate of drug-likeness (QED) is 0.708. The van der Waals surface area contributed by atoms with Gasteiger partial charge in [0.2, 0.25) is 11.8 Å². The number of benzene rings is 2. The van der Waals surface area contributed by atoms with Crippen molar-refractivity contribution in [2.75, 3.05) is 10.6 Å². The Balaban J connectivity index is 1.89. The van der Waals surface area contributed by atoms with Crippen molar-refractivity contribution in [3.63, 3.8) is 0 Å². The van der Waals surface area contributed by atoms with E-state index in [0.29, 0.717) is 17.8 Å². The predicted molar refractivity (Wildman–Crippen MR) is 100 cm³/mol. The first-order valence-electron chi connectivity index (χ1n) is 8.38. The van der Waals surface area contributed by atoms with Crippen LogP contribution < -0.4 is 10.6 Å². The van der Waals surface area contributed by atoms with E-state index in [2.05, 4.69) is 10.6 Å². The lowest BCUT2D eigenvalue weighted by Gasteiger charge is -2.10. The van der Waals surface area contributed by atoms with Gasteiger partial charge in [0.15, 0.2) is 0 Å². The van der Waals surface area contributed by atoms with E-state index in [1.165, 1.54) is 12.1 Å². The molecular formula is C20H22N2O4. The molecule has 0 bridgehead atoms. The summed E-state index contributed by atoms with van der Waals surface area (Å²) in [6.45, 7) is 3.62. The lowest BCUT2D eigenvalue weighted by molar-refractivity contribution is -0.119. The van der Waals surface area contributed by atoms with E-state index >= 15 is 0 Å². The molecule has 2 amide bonds. The van der Waals surface area contributed by atoms with Gasteiger partial charge in [-0.15, -0.1) is 0 Å². The smallest absolute Gasteiger partial charge is 0.335 e. The third-order valence-corrected chi connectivity index (χ3v) is 3.78. The zero-order chi connectivity index (χ0) is 19.1. The highest BCUT2D eigenvalue weighted by Crippen LogP contribution is 2.16. The number of anilines is 2. The Hall–Kier alpha value is -3.15. The molecule has 0 aliphatic heterocycles. The topological polar surface area (TPSA) is 95.5 Å². The van der Waals surface area contributed by atoms with Crippen LogP contribution in [0.15, 0.2) is 48.5 Å². The first kappa shape index (κ1) is 19.2. The molecule has 0 heterocycles. The van der Waals surface area contributed by atoms with Gasteiger partial charge in [0.25, 0.3) is 0 Å². The Morgan fingerprint density at radius 2 is 1.58 bits per heavy atom. The molecule has 0 aliphatic carbocycles. The van der Waals surface area contributed by atoms with Gasteiger partial charge in [0.1, 0.15) is 0 Å². The minimum Gasteiger partial charge on any atom is -0.478 e. The molecule has 0 unspecified atom stereocenters. The molecule has 26 heavy (non-hydrogen) atoms. The second kappa shape index (κ2) is 8.80. The van der Waals surface area contributed by atoms with Gasteiger partial charge < -0.3 is 15.7 Å².